The van der Waals surface area contributed by atoms with Gasteiger partial charge in [-0.2, -0.15) is 0 Å². The predicted molar refractivity (Wildman–Crippen MR) is 88.2 cm³/mol. The van der Waals surface area contributed by atoms with Gasteiger partial charge in [0.15, 0.2) is 0 Å². The van der Waals surface area contributed by atoms with Gasteiger partial charge in [-0.15, -0.1) is 0 Å². The molecule has 0 atom stereocenters. The van der Waals surface area contributed by atoms with Crippen molar-refractivity contribution in [2.45, 2.75) is 52.8 Å². The number of nitrogens with zero attached hydrogens (tertiary/aromatic N) is 1. The van der Waals surface area contributed by atoms with Gasteiger partial charge in [-0.1, -0.05) is 31.2 Å². The third-order valence-electron chi connectivity index (χ3n) is 3.00. The molecule has 2 amide bonds. The van der Waals surface area contributed by atoms with Crippen molar-refractivity contribution in [3.05, 3.63) is 35.4 Å². The first kappa shape index (κ1) is 18.8. The Labute approximate surface area is 137 Å². The van der Waals surface area contributed by atoms with Crippen LogP contribution in [0.3, 0.4) is 0 Å². The highest BCUT2D eigenvalue weighted by Crippen LogP contribution is 2.10. The standard InChI is InChI=1S/C17H26N2O4/c1-5-10-19(16(21)22)12-14-8-6-13(7-9-14)11-18-15(20)23-17(2,3)4/h6-9H,5,10-12H2,1-4H3,(H,18,20)(H,21,22). The Bertz CT molecular complexity index is 520. The third kappa shape index (κ3) is 7.54. The number of carbonyl (C=O) groups excluding carboxylic acids is 1. The number of carboxylic acid groups (broad SMARTS) is 1. The van der Waals surface area contributed by atoms with Crippen LogP contribution in [0.2, 0.25) is 0 Å². The second-order valence-electron chi connectivity index (χ2n) is 6.38. The lowest BCUT2D eigenvalue weighted by Gasteiger charge is -2.20. The molecule has 23 heavy (non-hydrogen) atoms. The van der Waals surface area contributed by atoms with Crippen LogP contribution in [0.1, 0.15) is 45.2 Å². The molecule has 2 N–H and O–H groups in total. The van der Waals surface area contributed by atoms with Gasteiger partial charge in [-0.3, -0.25) is 0 Å². The molecule has 128 valence electrons. The molecule has 0 aliphatic heterocycles. The Morgan fingerprint density at radius 1 is 1.17 bits per heavy atom. The summed E-state index contributed by atoms with van der Waals surface area (Å²) in [6.07, 6.45) is -0.589. The van der Waals surface area contributed by atoms with Crippen molar-refractivity contribution < 1.29 is 19.4 Å². The van der Waals surface area contributed by atoms with Gasteiger partial charge < -0.3 is 20.1 Å². The average Bonchev–Trinajstić information content (AvgIpc) is 2.44. The summed E-state index contributed by atoms with van der Waals surface area (Å²) in [6, 6.07) is 7.49. The lowest BCUT2D eigenvalue weighted by atomic mass is 10.1. The maximum atomic E-state index is 11.6. The highest BCUT2D eigenvalue weighted by Gasteiger charge is 2.15. The second-order valence-corrected chi connectivity index (χ2v) is 6.38. The number of benzene rings is 1. The van der Waals surface area contributed by atoms with Gasteiger partial charge >= 0.3 is 12.2 Å². The maximum absolute atomic E-state index is 11.6. The molecule has 1 aromatic rings. The molecule has 0 saturated carbocycles. The molecule has 0 spiro atoms. The maximum Gasteiger partial charge on any atom is 0.407 e. The zero-order valence-electron chi connectivity index (χ0n) is 14.3. The van der Waals surface area contributed by atoms with Crippen molar-refractivity contribution in [2.24, 2.45) is 0 Å². The molecule has 6 heteroatoms. The molecule has 0 saturated heterocycles. The molecule has 0 fully saturated rings. The lowest BCUT2D eigenvalue weighted by Crippen LogP contribution is -2.32. The number of alkyl carbamates (subject to hydrolysis) is 1. The summed E-state index contributed by atoms with van der Waals surface area (Å²) in [5, 5.41) is 11.8. The van der Waals surface area contributed by atoms with Gasteiger partial charge in [0, 0.05) is 19.6 Å². The fraction of sp³-hybridized carbons (Fsp3) is 0.529. The van der Waals surface area contributed by atoms with Crippen molar-refractivity contribution in [3.8, 4) is 0 Å². The number of hydrogen-bond acceptors (Lipinski definition) is 3. The minimum atomic E-state index is -0.914. The van der Waals surface area contributed by atoms with Crippen LogP contribution in [0, 0.1) is 0 Å². The number of amides is 2. The first-order valence-corrected chi connectivity index (χ1v) is 7.74. The largest absolute Gasteiger partial charge is 0.465 e. The second kappa shape index (κ2) is 8.41. The first-order chi connectivity index (χ1) is 10.7. The molecular weight excluding hydrogens is 296 g/mol. The molecule has 1 rings (SSSR count). The normalized spacial score (nSPS) is 11.0. The van der Waals surface area contributed by atoms with Gasteiger partial charge in [0.2, 0.25) is 0 Å². The van der Waals surface area contributed by atoms with E-state index in [-0.39, 0.29) is 0 Å². The molecule has 0 unspecified atom stereocenters. The van der Waals surface area contributed by atoms with Crippen LogP contribution in [0.15, 0.2) is 24.3 Å². The fourth-order valence-corrected chi connectivity index (χ4v) is 1.98. The van der Waals surface area contributed by atoms with Crippen molar-refractivity contribution in [1.29, 1.82) is 0 Å². The Morgan fingerprint density at radius 3 is 2.22 bits per heavy atom. The van der Waals surface area contributed by atoms with E-state index < -0.39 is 17.8 Å². The molecule has 0 bridgehead atoms. The van der Waals surface area contributed by atoms with Gasteiger partial charge in [0.05, 0.1) is 0 Å². The minimum absolute atomic E-state index is 0.364. The molecule has 6 nitrogen and oxygen atoms in total. The van der Waals surface area contributed by atoms with E-state index in [0.717, 1.165) is 17.5 Å². The van der Waals surface area contributed by atoms with Crippen LogP contribution >= 0.6 is 0 Å². The quantitative estimate of drug-likeness (QED) is 0.838. The highest BCUT2D eigenvalue weighted by atomic mass is 16.6. The zero-order valence-corrected chi connectivity index (χ0v) is 14.3. The Balaban J connectivity index is 2.53. The van der Waals surface area contributed by atoms with Crippen molar-refractivity contribution in [2.75, 3.05) is 6.54 Å². The summed E-state index contributed by atoms with van der Waals surface area (Å²) in [6.45, 7) is 8.62. The summed E-state index contributed by atoms with van der Waals surface area (Å²) in [7, 11) is 0. The SMILES string of the molecule is CCCN(Cc1ccc(CNC(=O)OC(C)(C)C)cc1)C(=O)O. The Hall–Kier alpha value is -2.24. The number of carbonyl (C=O) groups is 2. The Morgan fingerprint density at radius 2 is 1.74 bits per heavy atom. The van der Waals surface area contributed by atoms with E-state index in [4.69, 9.17) is 9.84 Å². The third-order valence-corrected chi connectivity index (χ3v) is 3.00. The molecule has 1 aromatic carbocycles. The van der Waals surface area contributed by atoms with Crippen LogP contribution in [-0.2, 0) is 17.8 Å². The summed E-state index contributed by atoms with van der Waals surface area (Å²) >= 11 is 0. The highest BCUT2D eigenvalue weighted by molar-refractivity contribution is 5.67. The number of ether oxygens (including phenoxy) is 1. The smallest absolute Gasteiger partial charge is 0.407 e. The van der Waals surface area contributed by atoms with Gasteiger partial charge in [-0.25, -0.2) is 9.59 Å². The number of nitrogens with one attached hydrogen (secondary N) is 1. The minimum Gasteiger partial charge on any atom is -0.465 e. The van der Waals surface area contributed by atoms with Gasteiger partial charge in [0.1, 0.15) is 5.60 Å². The Kier molecular flexibility index (Phi) is 6.88. The molecule has 0 aliphatic rings. The lowest BCUT2D eigenvalue weighted by molar-refractivity contribution is 0.0523. The van der Waals surface area contributed by atoms with Crippen molar-refractivity contribution in [3.63, 3.8) is 0 Å². The predicted octanol–water partition coefficient (Wildman–Crippen LogP) is 3.60. The summed E-state index contributed by atoms with van der Waals surface area (Å²) in [5.74, 6) is 0. The van der Waals surface area contributed by atoms with E-state index in [1.165, 1.54) is 4.90 Å². The van der Waals surface area contributed by atoms with Crippen molar-refractivity contribution in [1.82, 2.24) is 10.2 Å². The van der Waals surface area contributed by atoms with E-state index >= 15 is 0 Å². The first-order valence-electron chi connectivity index (χ1n) is 7.74. The number of rotatable bonds is 6. The van der Waals surface area contributed by atoms with Crippen LogP contribution < -0.4 is 5.32 Å². The van der Waals surface area contributed by atoms with Gasteiger partial charge in [-0.05, 0) is 38.3 Å². The summed E-state index contributed by atoms with van der Waals surface area (Å²) in [5.41, 5.74) is 1.33. The monoisotopic (exact) mass is 322 g/mol. The summed E-state index contributed by atoms with van der Waals surface area (Å²) < 4.78 is 5.17. The molecular formula is C17H26N2O4. The van der Waals surface area contributed by atoms with E-state index in [2.05, 4.69) is 5.32 Å². The molecule has 0 heterocycles. The van der Waals surface area contributed by atoms with E-state index in [0.29, 0.717) is 19.6 Å². The molecule has 0 aromatic heterocycles. The van der Waals surface area contributed by atoms with Crippen LogP contribution in [0.4, 0.5) is 9.59 Å². The number of hydrogen-bond donors (Lipinski definition) is 2. The molecule has 0 aliphatic carbocycles. The molecule has 0 radical (unpaired) electrons. The topological polar surface area (TPSA) is 78.9 Å². The van der Waals surface area contributed by atoms with E-state index in [9.17, 15) is 9.59 Å². The summed E-state index contributed by atoms with van der Waals surface area (Å²) in [4.78, 5) is 24.1. The zero-order chi connectivity index (χ0) is 17.5. The van der Waals surface area contributed by atoms with Crippen LogP contribution in [0.25, 0.3) is 0 Å². The van der Waals surface area contributed by atoms with E-state index in [1.54, 1.807) is 0 Å². The van der Waals surface area contributed by atoms with Crippen LogP contribution in [-0.4, -0.2) is 34.3 Å². The van der Waals surface area contributed by atoms with Crippen molar-refractivity contribution >= 4 is 12.2 Å². The van der Waals surface area contributed by atoms with E-state index in [1.807, 2.05) is 52.0 Å². The fourth-order valence-electron chi connectivity index (χ4n) is 1.98. The average molecular weight is 322 g/mol. The van der Waals surface area contributed by atoms with Gasteiger partial charge in [0.25, 0.3) is 0 Å². The van der Waals surface area contributed by atoms with Crippen LogP contribution in [0.5, 0.6) is 0 Å².